The van der Waals surface area contributed by atoms with Crippen LogP contribution in [0.2, 0.25) is 0 Å². The number of nitrogens with zero attached hydrogens (tertiary/aromatic N) is 6. The molecule has 13 heteroatoms. The highest BCUT2D eigenvalue weighted by Crippen LogP contribution is 2.39. The summed E-state index contributed by atoms with van der Waals surface area (Å²) in [5.41, 5.74) is 11.0. The maximum Gasteiger partial charge on any atom is 0.434 e. The van der Waals surface area contributed by atoms with Crippen LogP contribution >= 0.6 is 0 Å². The quantitative estimate of drug-likeness (QED) is 0.609. The first kappa shape index (κ1) is 21.5. The molecule has 0 radical (unpaired) electrons. The summed E-state index contributed by atoms with van der Waals surface area (Å²) in [5, 5.41) is 0. The van der Waals surface area contributed by atoms with Gasteiger partial charge in [0.15, 0.2) is 11.5 Å². The summed E-state index contributed by atoms with van der Waals surface area (Å²) in [6.45, 7) is 1.80. The number of anilines is 3. The van der Waals surface area contributed by atoms with Gasteiger partial charge in [-0.2, -0.15) is 13.2 Å². The SMILES string of the molecule is COc1ccc(-c2c(N)nc(-c3cnc(N)nc3C(F)(F)F)nc2N2CCOCC2)cn1. The maximum atomic E-state index is 13.6. The molecule has 1 aliphatic heterocycles. The Morgan fingerprint density at radius 2 is 1.78 bits per heavy atom. The van der Waals surface area contributed by atoms with Gasteiger partial charge in [0.05, 0.1) is 31.5 Å². The maximum absolute atomic E-state index is 13.6. The van der Waals surface area contributed by atoms with Crippen LogP contribution in [0.4, 0.5) is 30.8 Å². The molecule has 0 saturated carbocycles. The summed E-state index contributed by atoms with van der Waals surface area (Å²) >= 11 is 0. The first-order chi connectivity index (χ1) is 15.3. The van der Waals surface area contributed by atoms with Gasteiger partial charge in [0, 0.05) is 37.1 Å². The van der Waals surface area contributed by atoms with E-state index in [1.165, 1.54) is 13.3 Å². The number of morpholine rings is 1. The van der Waals surface area contributed by atoms with Crippen LogP contribution in [-0.4, -0.2) is 58.3 Å². The van der Waals surface area contributed by atoms with E-state index < -0.39 is 23.4 Å². The summed E-state index contributed by atoms with van der Waals surface area (Å²) in [6, 6.07) is 3.36. The Labute approximate surface area is 180 Å². The molecule has 0 bridgehead atoms. The van der Waals surface area contributed by atoms with Gasteiger partial charge >= 0.3 is 6.18 Å². The molecule has 1 saturated heterocycles. The summed E-state index contributed by atoms with van der Waals surface area (Å²) in [4.78, 5) is 21.7. The van der Waals surface area contributed by atoms with E-state index in [0.29, 0.717) is 49.1 Å². The first-order valence-electron chi connectivity index (χ1n) is 9.48. The van der Waals surface area contributed by atoms with Crippen molar-refractivity contribution in [3.05, 3.63) is 30.2 Å². The molecule has 1 aliphatic rings. The summed E-state index contributed by atoms with van der Waals surface area (Å²) < 4.78 is 51.3. The van der Waals surface area contributed by atoms with Crippen LogP contribution < -0.4 is 21.1 Å². The van der Waals surface area contributed by atoms with E-state index in [4.69, 9.17) is 20.9 Å². The zero-order valence-corrected chi connectivity index (χ0v) is 16.9. The Hall–Kier alpha value is -3.74. The molecule has 0 aromatic carbocycles. The minimum atomic E-state index is -4.79. The lowest BCUT2D eigenvalue weighted by atomic mass is 10.1. The predicted octanol–water partition coefficient (Wildman–Crippen LogP) is 2.02. The van der Waals surface area contributed by atoms with Gasteiger partial charge < -0.3 is 25.8 Å². The average Bonchev–Trinajstić information content (AvgIpc) is 2.78. The fourth-order valence-corrected chi connectivity index (χ4v) is 3.29. The van der Waals surface area contributed by atoms with Crippen LogP contribution in [0, 0.1) is 0 Å². The van der Waals surface area contributed by atoms with Crippen molar-refractivity contribution in [2.24, 2.45) is 0 Å². The number of hydrogen-bond donors (Lipinski definition) is 2. The Morgan fingerprint density at radius 1 is 1.03 bits per heavy atom. The van der Waals surface area contributed by atoms with Crippen LogP contribution in [0.25, 0.3) is 22.5 Å². The smallest absolute Gasteiger partial charge is 0.434 e. The van der Waals surface area contributed by atoms with Crippen LogP contribution in [0.15, 0.2) is 24.5 Å². The van der Waals surface area contributed by atoms with Gasteiger partial charge in [0.25, 0.3) is 0 Å². The number of ether oxygens (including phenoxy) is 2. The van der Waals surface area contributed by atoms with Crippen LogP contribution in [-0.2, 0) is 10.9 Å². The molecule has 4 heterocycles. The normalized spacial score (nSPS) is 14.4. The lowest BCUT2D eigenvalue weighted by Crippen LogP contribution is -2.37. The fraction of sp³-hybridized carbons (Fsp3) is 0.316. The number of aromatic nitrogens is 5. The van der Waals surface area contributed by atoms with E-state index in [2.05, 4.69) is 24.9 Å². The Kier molecular flexibility index (Phi) is 5.65. The van der Waals surface area contributed by atoms with Gasteiger partial charge in [-0.3, -0.25) is 0 Å². The molecule has 4 rings (SSSR count). The minimum Gasteiger partial charge on any atom is -0.481 e. The number of rotatable bonds is 4. The van der Waals surface area contributed by atoms with E-state index >= 15 is 0 Å². The topological polar surface area (TPSA) is 138 Å². The Balaban J connectivity index is 1.91. The van der Waals surface area contributed by atoms with Crippen molar-refractivity contribution in [1.82, 2.24) is 24.9 Å². The monoisotopic (exact) mass is 448 g/mol. The molecule has 0 aliphatic carbocycles. The van der Waals surface area contributed by atoms with Crippen LogP contribution in [0.1, 0.15) is 5.69 Å². The van der Waals surface area contributed by atoms with E-state index in [0.717, 1.165) is 6.20 Å². The molecular weight excluding hydrogens is 429 g/mol. The summed E-state index contributed by atoms with van der Waals surface area (Å²) in [5.74, 6) is -0.0438. The van der Waals surface area contributed by atoms with E-state index in [9.17, 15) is 13.2 Å². The van der Waals surface area contributed by atoms with E-state index in [-0.39, 0.29) is 11.6 Å². The molecule has 168 valence electrons. The van der Waals surface area contributed by atoms with E-state index in [1.807, 2.05) is 4.90 Å². The Bertz CT molecular complexity index is 1120. The van der Waals surface area contributed by atoms with Crippen molar-refractivity contribution in [2.75, 3.05) is 49.8 Å². The third-order valence-electron chi connectivity index (χ3n) is 4.78. The molecule has 0 atom stereocenters. The van der Waals surface area contributed by atoms with Gasteiger partial charge in [0.1, 0.15) is 11.6 Å². The van der Waals surface area contributed by atoms with Crippen molar-refractivity contribution in [1.29, 1.82) is 0 Å². The molecular formula is C19H19F3N8O2. The van der Waals surface area contributed by atoms with Gasteiger partial charge in [0.2, 0.25) is 11.8 Å². The second-order valence-electron chi connectivity index (χ2n) is 6.81. The summed E-state index contributed by atoms with van der Waals surface area (Å²) in [6.07, 6.45) is -2.31. The van der Waals surface area contributed by atoms with Gasteiger partial charge in [-0.05, 0) is 6.07 Å². The highest BCUT2D eigenvalue weighted by Gasteiger charge is 2.37. The average molecular weight is 448 g/mol. The van der Waals surface area contributed by atoms with E-state index in [1.54, 1.807) is 12.1 Å². The van der Waals surface area contributed by atoms with Crippen molar-refractivity contribution < 1.29 is 22.6 Å². The van der Waals surface area contributed by atoms with Crippen molar-refractivity contribution in [3.63, 3.8) is 0 Å². The molecule has 10 nitrogen and oxygen atoms in total. The predicted molar refractivity (Wildman–Crippen MR) is 110 cm³/mol. The second-order valence-corrected chi connectivity index (χ2v) is 6.81. The van der Waals surface area contributed by atoms with Crippen molar-refractivity contribution in [2.45, 2.75) is 6.18 Å². The highest BCUT2D eigenvalue weighted by molar-refractivity contribution is 5.85. The third kappa shape index (κ3) is 4.19. The largest absolute Gasteiger partial charge is 0.481 e. The molecule has 0 spiro atoms. The van der Waals surface area contributed by atoms with Gasteiger partial charge in [-0.25, -0.2) is 24.9 Å². The first-order valence-corrected chi connectivity index (χ1v) is 9.48. The van der Waals surface area contributed by atoms with Crippen molar-refractivity contribution in [3.8, 4) is 28.4 Å². The molecule has 0 amide bonds. The molecule has 3 aromatic rings. The lowest BCUT2D eigenvalue weighted by molar-refractivity contribution is -0.140. The fourth-order valence-electron chi connectivity index (χ4n) is 3.29. The number of halogens is 3. The van der Waals surface area contributed by atoms with Gasteiger partial charge in [-0.15, -0.1) is 0 Å². The number of alkyl halides is 3. The highest BCUT2D eigenvalue weighted by atomic mass is 19.4. The number of pyridine rings is 1. The molecule has 3 aromatic heterocycles. The molecule has 0 unspecified atom stereocenters. The molecule has 32 heavy (non-hydrogen) atoms. The third-order valence-corrected chi connectivity index (χ3v) is 4.78. The molecule has 4 N–H and O–H groups in total. The van der Waals surface area contributed by atoms with Gasteiger partial charge in [-0.1, -0.05) is 0 Å². The number of nitrogen functional groups attached to an aromatic ring is 2. The van der Waals surface area contributed by atoms with Crippen molar-refractivity contribution >= 4 is 17.6 Å². The number of hydrogen-bond acceptors (Lipinski definition) is 10. The molecule has 1 fully saturated rings. The zero-order chi connectivity index (χ0) is 22.9. The number of methoxy groups -OCH3 is 1. The second kappa shape index (κ2) is 8.42. The number of nitrogens with two attached hydrogens (primary N) is 2. The lowest BCUT2D eigenvalue weighted by Gasteiger charge is -2.30. The summed E-state index contributed by atoms with van der Waals surface area (Å²) in [7, 11) is 1.49. The zero-order valence-electron chi connectivity index (χ0n) is 16.9. The Morgan fingerprint density at radius 3 is 2.41 bits per heavy atom. The standard InChI is InChI=1S/C19H19F3N8O2/c1-31-12-3-2-10(8-25-12)13-15(23)28-16(29-17(13)30-4-6-32-7-5-30)11-9-26-18(24)27-14(11)19(20,21)22/h2-3,8-9H,4-7H2,1H3,(H2,23,28,29)(H2,24,26,27). The van der Waals surface area contributed by atoms with Crippen LogP contribution in [0.3, 0.4) is 0 Å². The minimum absolute atomic E-state index is 0.0200. The van der Waals surface area contributed by atoms with Crippen LogP contribution in [0.5, 0.6) is 5.88 Å².